The fourth-order valence-corrected chi connectivity index (χ4v) is 2.81. The Morgan fingerprint density at radius 2 is 1.87 bits per heavy atom. The highest BCUT2D eigenvalue weighted by molar-refractivity contribution is 6.09. The van der Waals surface area contributed by atoms with E-state index in [9.17, 15) is 9.18 Å². The minimum Gasteiger partial charge on any atom is -0.461 e. The molecule has 0 saturated carbocycles. The molecule has 0 saturated heterocycles. The number of aliphatic imine (C=N–C) groups is 1. The van der Waals surface area contributed by atoms with Gasteiger partial charge in [-0.05, 0) is 35.0 Å². The van der Waals surface area contributed by atoms with Gasteiger partial charge in [0.05, 0.1) is 5.69 Å². The van der Waals surface area contributed by atoms with Gasteiger partial charge < -0.3 is 4.74 Å². The van der Waals surface area contributed by atoms with E-state index in [-0.39, 0.29) is 0 Å². The third-order valence-electron chi connectivity index (χ3n) is 3.90. The minimum absolute atomic E-state index is 0.373. The van der Waals surface area contributed by atoms with Crippen LogP contribution in [0.5, 0.6) is 0 Å². The first kappa shape index (κ1) is 13.6. The minimum atomic E-state index is -0.854. The number of nitrogens with zero attached hydrogens (tertiary/aromatic N) is 1. The molecule has 4 rings (SSSR count). The summed E-state index contributed by atoms with van der Waals surface area (Å²) in [6, 6.07) is 17.9. The van der Waals surface area contributed by atoms with Crippen LogP contribution in [0.4, 0.5) is 10.1 Å². The van der Waals surface area contributed by atoms with Crippen LogP contribution in [0.15, 0.2) is 65.7 Å². The van der Waals surface area contributed by atoms with E-state index in [2.05, 4.69) is 4.99 Å². The molecule has 0 bridgehead atoms. The molecular weight excluding hydrogens is 293 g/mol. The van der Waals surface area contributed by atoms with Crippen LogP contribution in [0.3, 0.4) is 0 Å². The summed E-state index contributed by atoms with van der Waals surface area (Å²) in [5, 5.41) is 2.05. The monoisotopic (exact) mass is 305 g/mol. The number of carbonyl (C=O) groups is 1. The maximum absolute atomic E-state index is 13.4. The van der Waals surface area contributed by atoms with Gasteiger partial charge in [0, 0.05) is 11.1 Å². The zero-order valence-corrected chi connectivity index (χ0v) is 12.1. The van der Waals surface area contributed by atoms with E-state index < -0.39 is 11.9 Å². The van der Waals surface area contributed by atoms with Crippen molar-refractivity contribution in [3.63, 3.8) is 0 Å². The summed E-state index contributed by atoms with van der Waals surface area (Å²) in [5.41, 5.74) is 1.81. The number of fused-ring (bicyclic) bond motifs is 2. The maximum Gasteiger partial charge on any atom is 0.222 e. The number of halogens is 1. The van der Waals surface area contributed by atoms with Crippen molar-refractivity contribution in [2.24, 2.45) is 4.99 Å². The van der Waals surface area contributed by atoms with Crippen molar-refractivity contribution < 1.29 is 13.9 Å². The lowest BCUT2D eigenvalue weighted by Crippen LogP contribution is -2.18. The number of ether oxygens (including phenoxy) is 1. The highest BCUT2D eigenvalue weighted by atomic mass is 19.1. The van der Waals surface area contributed by atoms with E-state index in [0.29, 0.717) is 23.4 Å². The number of aldehydes is 1. The number of hydrogen-bond acceptors (Lipinski definition) is 3. The van der Waals surface area contributed by atoms with Crippen molar-refractivity contribution in [2.45, 2.75) is 6.10 Å². The Bertz CT molecular complexity index is 944. The number of carbonyl (C=O) groups excluding carboxylic acids is 1. The summed E-state index contributed by atoms with van der Waals surface area (Å²) in [7, 11) is 0. The molecule has 1 atom stereocenters. The number of benzene rings is 3. The lowest BCUT2D eigenvalue weighted by molar-refractivity contribution is -0.114. The van der Waals surface area contributed by atoms with E-state index in [1.54, 1.807) is 6.07 Å². The second-order valence-electron chi connectivity index (χ2n) is 5.32. The van der Waals surface area contributed by atoms with Crippen molar-refractivity contribution in [3.05, 3.63) is 77.6 Å². The predicted molar refractivity (Wildman–Crippen MR) is 86.4 cm³/mol. The normalized spacial score (nSPS) is 16.4. The third kappa shape index (κ3) is 2.28. The second kappa shape index (κ2) is 5.32. The fraction of sp³-hybridized carbons (Fsp3) is 0.0526. The summed E-state index contributed by atoms with van der Waals surface area (Å²) >= 11 is 0. The molecular formula is C19H12FNO2. The SMILES string of the molecule is O=CC1OC(c2cccc3ccccc23)=Nc2ccc(F)cc21. The Morgan fingerprint density at radius 1 is 1.04 bits per heavy atom. The fourth-order valence-electron chi connectivity index (χ4n) is 2.81. The van der Waals surface area contributed by atoms with Crippen LogP contribution in [0.1, 0.15) is 17.2 Å². The van der Waals surface area contributed by atoms with Crippen molar-refractivity contribution in [3.8, 4) is 0 Å². The average Bonchev–Trinajstić information content (AvgIpc) is 2.60. The summed E-state index contributed by atoms with van der Waals surface area (Å²) in [5.74, 6) is -0.0407. The van der Waals surface area contributed by atoms with E-state index in [1.807, 2.05) is 42.5 Å². The van der Waals surface area contributed by atoms with Crippen LogP contribution in [0.25, 0.3) is 10.8 Å². The van der Waals surface area contributed by atoms with Crippen LogP contribution in [0, 0.1) is 5.82 Å². The van der Waals surface area contributed by atoms with E-state index in [0.717, 1.165) is 16.3 Å². The molecule has 1 unspecified atom stereocenters. The van der Waals surface area contributed by atoms with Crippen molar-refractivity contribution >= 4 is 28.6 Å². The lowest BCUT2D eigenvalue weighted by atomic mass is 10.0. The lowest BCUT2D eigenvalue weighted by Gasteiger charge is -2.23. The summed E-state index contributed by atoms with van der Waals surface area (Å²) < 4.78 is 19.1. The third-order valence-corrected chi connectivity index (χ3v) is 3.90. The molecule has 0 radical (unpaired) electrons. The van der Waals surface area contributed by atoms with Gasteiger partial charge in [-0.1, -0.05) is 36.4 Å². The quantitative estimate of drug-likeness (QED) is 0.661. The highest BCUT2D eigenvalue weighted by Crippen LogP contribution is 2.34. The van der Waals surface area contributed by atoms with Crippen molar-refractivity contribution in [2.75, 3.05) is 0 Å². The molecule has 0 fully saturated rings. The average molecular weight is 305 g/mol. The molecule has 0 aliphatic carbocycles. The Labute approximate surface area is 132 Å². The molecule has 1 heterocycles. The molecule has 3 aromatic carbocycles. The van der Waals surface area contributed by atoms with Crippen molar-refractivity contribution in [1.82, 2.24) is 0 Å². The largest absolute Gasteiger partial charge is 0.461 e. The first-order chi connectivity index (χ1) is 11.3. The van der Waals surface area contributed by atoms with Gasteiger partial charge in [0.15, 0.2) is 12.4 Å². The maximum atomic E-state index is 13.4. The molecule has 0 amide bonds. The van der Waals surface area contributed by atoms with Crippen LogP contribution in [-0.4, -0.2) is 12.2 Å². The Morgan fingerprint density at radius 3 is 2.74 bits per heavy atom. The smallest absolute Gasteiger partial charge is 0.222 e. The molecule has 23 heavy (non-hydrogen) atoms. The first-order valence-corrected chi connectivity index (χ1v) is 7.24. The molecule has 4 heteroatoms. The van der Waals surface area contributed by atoms with E-state index in [1.165, 1.54) is 12.1 Å². The van der Waals surface area contributed by atoms with Gasteiger partial charge in [0.2, 0.25) is 5.90 Å². The van der Waals surface area contributed by atoms with Gasteiger partial charge in [-0.25, -0.2) is 9.38 Å². The Hall–Kier alpha value is -3.01. The van der Waals surface area contributed by atoms with Crippen molar-refractivity contribution in [1.29, 1.82) is 0 Å². The van der Waals surface area contributed by atoms with Gasteiger partial charge >= 0.3 is 0 Å². The standard InChI is InChI=1S/C19H12FNO2/c20-13-8-9-17-16(10-13)18(11-22)23-19(21-17)15-7-3-5-12-4-1-2-6-14(12)15/h1-11,18H. The molecule has 3 aromatic rings. The van der Waals surface area contributed by atoms with Gasteiger partial charge in [0.25, 0.3) is 0 Å². The predicted octanol–water partition coefficient (Wildman–Crippen LogP) is 4.33. The zero-order valence-electron chi connectivity index (χ0n) is 12.1. The molecule has 0 spiro atoms. The summed E-state index contributed by atoms with van der Waals surface area (Å²) in [6.45, 7) is 0. The first-order valence-electron chi connectivity index (χ1n) is 7.24. The number of rotatable bonds is 2. The van der Waals surface area contributed by atoms with E-state index >= 15 is 0 Å². The molecule has 1 aliphatic heterocycles. The van der Waals surface area contributed by atoms with Crippen LogP contribution >= 0.6 is 0 Å². The van der Waals surface area contributed by atoms with E-state index in [4.69, 9.17) is 4.74 Å². The Kier molecular flexibility index (Phi) is 3.15. The molecule has 0 aromatic heterocycles. The highest BCUT2D eigenvalue weighted by Gasteiger charge is 2.25. The molecule has 3 nitrogen and oxygen atoms in total. The summed E-state index contributed by atoms with van der Waals surface area (Å²) in [4.78, 5) is 15.8. The van der Waals surface area contributed by atoms with Crippen LogP contribution in [-0.2, 0) is 9.53 Å². The molecule has 0 N–H and O–H groups in total. The Balaban J connectivity index is 1.92. The van der Waals surface area contributed by atoms with Gasteiger partial charge in [0.1, 0.15) is 5.82 Å². The van der Waals surface area contributed by atoms with Gasteiger partial charge in [-0.15, -0.1) is 0 Å². The second-order valence-corrected chi connectivity index (χ2v) is 5.32. The number of hydrogen-bond donors (Lipinski definition) is 0. The zero-order chi connectivity index (χ0) is 15.8. The van der Waals surface area contributed by atoms with Gasteiger partial charge in [-0.2, -0.15) is 0 Å². The summed E-state index contributed by atoms with van der Waals surface area (Å²) in [6.07, 6.45) is -0.190. The van der Waals surface area contributed by atoms with Crippen LogP contribution < -0.4 is 0 Å². The molecule has 112 valence electrons. The molecule has 1 aliphatic rings. The van der Waals surface area contributed by atoms with Crippen LogP contribution in [0.2, 0.25) is 0 Å². The van der Waals surface area contributed by atoms with Gasteiger partial charge in [-0.3, -0.25) is 4.79 Å². The topological polar surface area (TPSA) is 38.7 Å².